The molecule has 0 radical (unpaired) electrons. The van der Waals surface area contributed by atoms with Gasteiger partial charge in [0.15, 0.2) is 9.84 Å². The predicted molar refractivity (Wildman–Crippen MR) is 123 cm³/mol. The topological polar surface area (TPSA) is 47.0 Å². The minimum Gasteiger partial charge on any atom is -0.253 e. The van der Waals surface area contributed by atoms with Gasteiger partial charge in [0.2, 0.25) is 0 Å². The van der Waals surface area contributed by atoms with Crippen molar-refractivity contribution in [2.75, 3.05) is 6.26 Å². The molecule has 0 saturated heterocycles. The zero-order valence-electron chi connectivity index (χ0n) is 17.9. The summed E-state index contributed by atoms with van der Waals surface area (Å²) < 4.78 is 64.5. The molecular formula is C26H20F3NO2S. The number of nitrogens with zero attached hydrogens (tertiary/aromatic N) is 1. The largest absolute Gasteiger partial charge is 0.416 e. The van der Waals surface area contributed by atoms with E-state index in [0.29, 0.717) is 33.6 Å². The van der Waals surface area contributed by atoms with Crippen LogP contribution in [0.3, 0.4) is 0 Å². The van der Waals surface area contributed by atoms with Crippen molar-refractivity contribution in [1.82, 2.24) is 4.98 Å². The van der Waals surface area contributed by atoms with Crippen molar-refractivity contribution in [1.29, 1.82) is 0 Å². The summed E-state index contributed by atoms with van der Waals surface area (Å²) in [5.74, 6) is 0. The Bertz CT molecular complexity index is 1410. The molecule has 0 aliphatic rings. The highest BCUT2D eigenvalue weighted by Gasteiger charge is 2.30. The van der Waals surface area contributed by atoms with Gasteiger partial charge < -0.3 is 0 Å². The van der Waals surface area contributed by atoms with E-state index < -0.39 is 21.6 Å². The lowest BCUT2D eigenvalue weighted by Crippen LogP contribution is -2.04. The average Bonchev–Trinajstić information content (AvgIpc) is 2.77. The lowest BCUT2D eigenvalue weighted by molar-refractivity contribution is -0.137. The zero-order valence-corrected chi connectivity index (χ0v) is 18.7. The SMILES string of the molecule is Cc1cc(-c2ccc(C(F)(F)F)cc2)cc(-c2cccc(-c3ccccc3)c2S(C)(=O)=O)n1. The normalized spacial score (nSPS) is 12.0. The van der Waals surface area contributed by atoms with Crippen LogP contribution in [0.2, 0.25) is 0 Å². The first kappa shape index (κ1) is 22.7. The molecule has 1 heterocycles. The summed E-state index contributed by atoms with van der Waals surface area (Å²) in [5, 5.41) is 0. The standard InChI is InChI=1S/C26H20F3NO2S/c1-17-15-20(18-11-13-21(14-12-18)26(27,28)29)16-24(30-17)23-10-6-9-22(25(23)33(2,31)32)19-7-4-3-5-8-19/h3-16H,1-2H3. The molecule has 0 bridgehead atoms. The Morgan fingerprint density at radius 1 is 0.727 bits per heavy atom. The van der Waals surface area contributed by atoms with Crippen molar-refractivity contribution >= 4 is 9.84 Å². The minimum atomic E-state index is -4.42. The van der Waals surface area contributed by atoms with Gasteiger partial charge in [0.1, 0.15) is 0 Å². The Morgan fingerprint density at radius 3 is 1.97 bits per heavy atom. The number of pyridine rings is 1. The van der Waals surface area contributed by atoms with Crippen molar-refractivity contribution < 1.29 is 21.6 Å². The lowest BCUT2D eigenvalue weighted by Gasteiger charge is -2.15. The number of benzene rings is 3. The van der Waals surface area contributed by atoms with E-state index in [9.17, 15) is 21.6 Å². The van der Waals surface area contributed by atoms with Crippen molar-refractivity contribution in [3.63, 3.8) is 0 Å². The van der Waals surface area contributed by atoms with Crippen molar-refractivity contribution in [2.24, 2.45) is 0 Å². The molecule has 168 valence electrons. The van der Waals surface area contributed by atoms with Crippen LogP contribution in [0.15, 0.2) is 89.8 Å². The fourth-order valence-electron chi connectivity index (χ4n) is 3.81. The average molecular weight is 468 g/mol. The molecule has 33 heavy (non-hydrogen) atoms. The van der Waals surface area contributed by atoms with Crippen LogP contribution in [0.25, 0.3) is 33.5 Å². The smallest absolute Gasteiger partial charge is 0.253 e. The van der Waals surface area contributed by atoms with Crippen LogP contribution in [0.5, 0.6) is 0 Å². The molecule has 3 nitrogen and oxygen atoms in total. The van der Waals surface area contributed by atoms with E-state index >= 15 is 0 Å². The van der Waals surface area contributed by atoms with Gasteiger partial charge in [-0.3, -0.25) is 4.98 Å². The summed E-state index contributed by atoms with van der Waals surface area (Å²) in [6, 6.07) is 22.7. The van der Waals surface area contributed by atoms with Crippen LogP contribution in [-0.2, 0) is 16.0 Å². The van der Waals surface area contributed by atoms with Crippen molar-refractivity contribution in [2.45, 2.75) is 18.0 Å². The molecule has 0 aliphatic carbocycles. The minimum absolute atomic E-state index is 0.160. The number of halogens is 3. The summed E-state index contributed by atoms with van der Waals surface area (Å²) >= 11 is 0. The summed E-state index contributed by atoms with van der Waals surface area (Å²) in [7, 11) is -3.64. The molecule has 0 atom stereocenters. The van der Waals surface area contributed by atoms with Gasteiger partial charge in [0.05, 0.1) is 16.2 Å². The van der Waals surface area contributed by atoms with Gasteiger partial charge in [-0.2, -0.15) is 13.2 Å². The number of alkyl halides is 3. The molecule has 3 aromatic carbocycles. The maximum absolute atomic E-state index is 12.9. The van der Waals surface area contributed by atoms with E-state index in [2.05, 4.69) is 4.98 Å². The molecule has 0 N–H and O–H groups in total. The number of aromatic nitrogens is 1. The molecule has 7 heteroatoms. The zero-order chi connectivity index (χ0) is 23.8. The second-order valence-electron chi connectivity index (χ2n) is 7.78. The van der Waals surface area contributed by atoms with Gasteiger partial charge in [-0.15, -0.1) is 0 Å². The summed E-state index contributed by atoms with van der Waals surface area (Å²) in [6.45, 7) is 1.76. The predicted octanol–water partition coefficient (Wildman–Crippen LogP) is 6.81. The van der Waals surface area contributed by atoms with Crippen LogP contribution >= 0.6 is 0 Å². The van der Waals surface area contributed by atoms with Crippen LogP contribution in [0, 0.1) is 6.92 Å². The molecular weight excluding hydrogens is 447 g/mol. The highest BCUT2D eigenvalue weighted by molar-refractivity contribution is 7.91. The molecule has 0 aliphatic heterocycles. The fourth-order valence-corrected chi connectivity index (χ4v) is 4.97. The Balaban J connectivity index is 1.90. The van der Waals surface area contributed by atoms with E-state index in [1.54, 1.807) is 37.3 Å². The molecule has 0 spiro atoms. The number of hydrogen-bond acceptors (Lipinski definition) is 3. The second kappa shape index (κ2) is 8.48. The number of sulfone groups is 1. The first-order valence-electron chi connectivity index (χ1n) is 10.1. The molecule has 1 aromatic heterocycles. The third-order valence-electron chi connectivity index (χ3n) is 5.25. The van der Waals surface area contributed by atoms with Gasteiger partial charge in [-0.1, -0.05) is 60.7 Å². The third-order valence-corrected chi connectivity index (χ3v) is 6.43. The summed E-state index contributed by atoms with van der Waals surface area (Å²) in [5.41, 5.74) is 3.31. The summed E-state index contributed by atoms with van der Waals surface area (Å²) in [4.78, 5) is 4.71. The third kappa shape index (κ3) is 4.83. The Hall–Kier alpha value is -3.45. The van der Waals surface area contributed by atoms with Gasteiger partial charge >= 0.3 is 6.18 Å². The van der Waals surface area contributed by atoms with Crippen molar-refractivity contribution in [3.05, 3.63) is 96.2 Å². The maximum atomic E-state index is 12.9. The lowest BCUT2D eigenvalue weighted by atomic mass is 9.98. The molecule has 0 amide bonds. The molecule has 4 aromatic rings. The number of hydrogen-bond donors (Lipinski definition) is 0. The van der Waals surface area contributed by atoms with E-state index in [1.165, 1.54) is 12.1 Å². The Kier molecular flexibility index (Phi) is 5.84. The molecule has 4 rings (SSSR count). The van der Waals surface area contributed by atoms with Crippen LogP contribution in [-0.4, -0.2) is 19.7 Å². The van der Waals surface area contributed by atoms with Crippen molar-refractivity contribution in [3.8, 4) is 33.5 Å². The molecule has 0 fully saturated rings. The second-order valence-corrected chi connectivity index (χ2v) is 9.73. The maximum Gasteiger partial charge on any atom is 0.416 e. The Morgan fingerprint density at radius 2 is 1.36 bits per heavy atom. The van der Waals surface area contributed by atoms with E-state index in [-0.39, 0.29) is 4.90 Å². The van der Waals surface area contributed by atoms with Crippen LogP contribution in [0.1, 0.15) is 11.3 Å². The fraction of sp³-hybridized carbons (Fsp3) is 0.115. The van der Waals surface area contributed by atoms with E-state index in [1.807, 2.05) is 30.3 Å². The highest BCUT2D eigenvalue weighted by atomic mass is 32.2. The van der Waals surface area contributed by atoms with Gasteiger partial charge in [-0.05, 0) is 47.9 Å². The first-order valence-corrected chi connectivity index (χ1v) is 12.0. The van der Waals surface area contributed by atoms with Gasteiger partial charge in [0, 0.05) is 23.1 Å². The van der Waals surface area contributed by atoms with Crippen LogP contribution < -0.4 is 0 Å². The highest BCUT2D eigenvalue weighted by Crippen LogP contribution is 2.37. The van der Waals surface area contributed by atoms with Gasteiger partial charge in [-0.25, -0.2) is 8.42 Å². The number of rotatable bonds is 4. The molecule has 0 unspecified atom stereocenters. The quantitative estimate of drug-likeness (QED) is 0.331. The first-order chi connectivity index (χ1) is 15.5. The van der Waals surface area contributed by atoms with E-state index in [0.717, 1.165) is 24.0 Å². The number of aryl methyl sites for hydroxylation is 1. The van der Waals surface area contributed by atoms with Crippen LogP contribution in [0.4, 0.5) is 13.2 Å². The molecule has 0 saturated carbocycles. The monoisotopic (exact) mass is 467 g/mol. The summed E-state index contributed by atoms with van der Waals surface area (Å²) in [6.07, 6.45) is -3.26. The Labute approximate surface area is 190 Å². The van der Waals surface area contributed by atoms with E-state index in [4.69, 9.17) is 0 Å². The van der Waals surface area contributed by atoms with Gasteiger partial charge in [0.25, 0.3) is 0 Å².